The molecule has 0 aliphatic heterocycles. The molecule has 0 unspecified atom stereocenters. The van der Waals surface area contributed by atoms with E-state index in [1.54, 1.807) is 28.9 Å². The third kappa shape index (κ3) is 6.58. The summed E-state index contributed by atoms with van der Waals surface area (Å²) in [5, 5.41) is 10.8. The second-order valence-corrected chi connectivity index (χ2v) is 9.37. The topological polar surface area (TPSA) is 85.3 Å². The number of carbonyl (C=O) groups excluding carboxylic acids is 2. The third-order valence-electron chi connectivity index (χ3n) is 4.96. The van der Waals surface area contributed by atoms with Crippen molar-refractivity contribution in [3.05, 3.63) is 70.4 Å². The molecule has 7 nitrogen and oxygen atoms in total. The van der Waals surface area contributed by atoms with E-state index in [1.165, 1.54) is 0 Å². The molecule has 0 bridgehead atoms. The Labute approximate surface area is 199 Å². The van der Waals surface area contributed by atoms with Crippen molar-refractivity contribution in [3.8, 4) is 11.4 Å². The van der Waals surface area contributed by atoms with Crippen molar-refractivity contribution in [1.82, 2.24) is 15.1 Å². The number of rotatable bonds is 7. The molecule has 8 heteroatoms. The summed E-state index contributed by atoms with van der Waals surface area (Å²) in [5.74, 6) is 0.300. The molecule has 2 aromatic carbocycles. The van der Waals surface area contributed by atoms with Crippen LogP contribution in [0, 0.1) is 13.8 Å². The molecule has 174 valence electrons. The molecule has 33 heavy (non-hydrogen) atoms. The summed E-state index contributed by atoms with van der Waals surface area (Å²) in [4.78, 5) is 24.7. The first-order chi connectivity index (χ1) is 15.5. The number of aryl methyl sites for hydroxylation is 2. The number of carbonyl (C=O) groups is 2. The molecule has 2 amide bonds. The van der Waals surface area contributed by atoms with Crippen LogP contribution in [0.2, 0.25) is 5.02 Å². The minimum atomic E-state index is -0.404. The summed E-state index contributed by atoms with van der Waals surface area (Å²) in [6, 6.07) is 14.6. The van der Waals surface area contributed by atoms with Gasteiger partial charge < -0.3 is 15.4 Å². The van der Waals surface area contributed by atoms with Crippen LogP contribution >= 0.6 is 11.6 Å². The smallest absolute Gasteiger partial charge is 0.258 e. The molecule has 0 aliphatic carbocycles. The Morgan fingerprint density at radius 3 is 2.36 bits per heavy atom. The van der Waals surface area contributed by atoms with Crippen molar-refractivity contribution < 1.29 is 14.3 Å². The standard InChI is InChI=1S/C25H29ClN4O3/c1-16-6-11-20(17(2)12-16)30-22(13-21(29-30)25(3,4)5)28-23(31)14-27-24(32)15-33-19-9-7-18(26)8-10-19/h6-13H,14-15H2,1-5H3,(H,27,32)(H,28,31). The van der Waals surface area contributed by atoms with Gasteiger partial charge in [-0.1, -0.05) is 50.1 Å². The number of hydrogen-bond donors (Lipinski definition) is 2. The number of hydrogen-bond acceptors (Lipinski definition) is 4. The molecule has 0 fully saturated rings. The van der Waals surface area contributed by atoms with Gasteiger partial charge in [0.25, 0.3) is 5.91 Å². The van der Waals surface area contributed by atoms with E-state index in [-0.39, 0.29) is 24.5 Å². The zero-order valence-corrected chi connectivity index (χ0v) is 20.3. The Bertz CT molecular complexity index is 1150. The summed E-state index contributed by atoms with van der Waals surface area (Å²) >= 11 is 5.83. The molecule has 0 saturated heterocycles. The van der Waals surface area contributed by atoms with Gasteiger partial charge in [-0.3, -0.25) is 9.59 Å². The molecule has 3 rings (SSSR count). The van der Waals surface area contributed by atoms with Crippen LogP contribution in [0.25, 0.3) is 5.69 Å². The molecular weight excluding hydrogens is 440 g/mol. The van der Waals surface area contributed by atoms with Crippen molar-refractivity contribution >= 4 is 29.2 Å². The summed E-state index contributed by atoms with van der Waals surface area (Å²) in [7, 11) is 0. The Balaban J connectivity index is 1.66. The van der Waals surface area contributed by atoms with Gasteiger partial charge >= 0.3 is 0 Å². The number of nitrogens with one attached hydrogen (secondary N) is 2. The van der Waals surface area contributed by atoms with E-state index in [4.69, 9.17) is 21.4 Å². The highest BCUT2D eigenvalue weighted by molar-refractivity contribution is 6.30. The zero-order valence-electron chi connectivity index (χ0n) is 19.5. The third-order valence-corrected chi connectivity index (χ3v) is 5.21. The normalized spacial score (nSPS) is 11.2. The average Bonchev–Trinajstić information content (AvgIpc) is 3.16. The molecule has 0 atom stereocenters. The molecule has 0 radical (unpaired) electrons. The first-order valence-corrected chi connectivity index (χ1v) is 11.0. The van der Waals surface area contributed by atoms with E-state index in [0.717, 1.165) is 22.5 Å². The van der Waals surface area contributed by atoms with E-state index in [2.05, 4.69) is 37.5 Å². The number of aromatic nitrogens is 2. The maximum Gasteiger partial charge on any atom is 0.258 e. The number of anilines is 1. The molecule has 2 N–H and O–H groups in total. The second kappa shape index (κ2) is 10.1. The monoisotopic (exact) mass is 468 g/mol. The van der Waals surface area contributed by atoms with Gasteiger partial charge in [0, 0.05) is 16.5 Å². The molecule has 1 aromatic heterocycles. The second-order valence-electron chi connectivity index (χ2n) is 8.93. The Kier molecular flexibility index (Phi) is 7.43. The van der Waals surface area contributed by atoms with Gasteiger partial charge in [-0.25, -0.2) is 4.68 Å². The van der Waals surface area contributed by atoms with Gasteiger partial charge in [0.2, 0.25) is 5.91 Å². The highest BCUT2D eigenvalue weighted by atomic mass is 35.5. The molecule has 0 saturated carbocycles. The van der Waals surface area contributed by atoms with E-state index in [1.807, 2.05) is 32.0 Å². The molecule has 0 aliphatic rings. The SMILES string of the molecule is Cc1ccc(-n2nc(C(C)(C)C)cc2NC(=O)CNC(=O)COc2ccc(Cl)cc2)c(C)c1. The highest BCUT2D eigenvalue weighted by Crippen LogP contribution is 2.27. The quantitative estimate of drug-likeness (QED) is 0.531. The first-order valence-electron chi connectivity index (χ1n) is 10.7. The fraction of sp³-hybridized carbons (Fsp3) is 0.320. The summed E-state index contributed by atoms with van der Waals surface area (Å²) in [5.41, 5.74) is 3.72. The Morgan fingerprint density at radius 2 is 1.73 bits per heavy atom. The first kappa shape index (κ1) is 24.3. The number of halogens is 1. The Morgan fingerprint density at radius 1 is 1.03 bits per heavy atom. The zero-order chi connectivity index (χ0) is 24.2. The number of ether oxygens (including phenoxy) is 1. The van der Waals surface area contributed by atoms with Crippen molar-refractivity contribution in [1.29, 1.82) is 0 Å². The number of amides is 2. The maximum absolute atomic E-state index is 12.6. The lowest BCUT2D eigenvalue weighted by molar-refractivity contribution is -0.125. The minimum Gasteiger partial charge on any atom is -0.484 e. The van der Waals surface area contributed by atoms with Crippen LogP contribution in [0.3, 0.4) is 0 Å². The summed E-state index contributed by atoms with van der Waals surface area (Å²) in [6.45, 7) is 9.83. The van der Waals surface area contributed by atoms with E-state index in [0.29, 0.717) is 16.6 Å². The fourth-order valence-corrected chi connectivity index (χ4v) is 3.29. The van der Waals surface area contributed by atoms with Crippen LogP contribution in [0.5, 0.6) is 5.75 Å². The lowest BCUT2D eigenvalue weighted by atomic mass is 9.92. The number of nitrogens with zero attached hydrogens (tertiary/aromatic N) is 2. The number of benzene rings is 2. The van der Waals surface area contributed by atoms with Crippen LogP contribution in [-0.2, 0) is 15.0 Å². The van der Waals surface area contributed by atoms with Gasteiger partial charge in [0.1, 0.15) is 11.6 Å². The molecule has 0 spiro atoms. The van der Waals surface area contributed by atoms with Gasteiger partial charge in [0.05, 0.1) is 17.9 Å². The van der Waals surface area contributed by atoms with Gasteiger partial charge in [-0.15, -0.1) is 0 Å². The predicted octanol–water partition coefficient (Wildman–Crippen LogP) is 4.57. The van der Waals surface area contributed by atoms with E-state index >= 15 is 0 Å². The van der Waals surface area contributed by atoms with E-state index < -0.39 is 5.91 Å². The minimum absolute atomic E-state index is 0.189. The largest absolute Gasteiger partial charge is 0.484 e. The van der Waals surface area contributed by atoms with Gasteiger partial charge in [0.15, 0.2) is 6.61 Å². The molecule has 3 aromatic rings. The van der Waals surface area contributed by atoms with Crippen LogP contribution in [0.1, 0.15) is 37.6 Å². The maximum atomic E-state index is 12.6. The fourth-order valence-electron chi connectivity index (χ4n) is 3.16. The van der Waals surface area contributed by atoms with Crippen molar-refractivity contribution in [2.75, 3.05) is 18.5 Å². The lowest BCUT2D eigenvalue weighted by Crippen LogP contribution is -2.36. The van der Waals surface area contributed by atoms with Crippen LogP contribution in [-0.4, -0.2) is 34.7 Å². The van der Waals surface area contributed by atoms with Crippen LogP contribution in [0.4, 0.5) is 5.82 Å². The summed E-state index contributed by atoms with van der Waals surface area (Å²) < 4.78 is 7.13. The van der Waals surface area contributed by atoms with Crippen molar-refractivity contribution in [3.63, 3.8) is 0 Å². The molecular formula is C25H29ClN4O3. The summed E-state index contributed by atoms with van der Waals surface area (Å²) in [6.07, 6.45) is 0. The van der Waals surface area contributed by atoms with Crippen molar-refractivity contribution in [2.24, 2.45) is 0 Å². The lowest BCUT2D eigenvalue weighted by Gasteiger charge is -2.14. The Hall–Kier alpha value is -3.32. The van der Waals surface area contributed by atoms with Crippen LogP contribution in [0.15, 0.2) is 48.5 Å². The van der Waals surface area contributed by atoms with E-state index in [9.17, 15) is 9.59 Å². The average molecular weight is 469 g/mol. The van der Waals surface area contributed by atoms with Crippen molar-refractivity contribution in [2.45, 2.75) is 40.0 Å². The molecule has 1 heterocycles. The van der Waals surface area contributed by atoms with Gasteiger partial charge in [-0.2, -0.15) is 5.10 Å². The van der Waals surface area contributed by atoms with Gasteiger partial charge in [-0.05, 0) is 49.7 Å². The highest BCUT2D eigenvalue weighted by Gasteiger charge is 2.22. The van der Waals surface area contributed by atoms with Crippen LogP contribution < -0.4 is 15.4 Å². The predicted molar refractivity (Wildman–Crippen MR) is 130 cm³/mol.